The Bertz CT molecular complexity index is 361. The minimum absolute atomic E-state index is 0.105. The lowest BCUT2D eigenvalue weighted by atomic mass is 9.81. The van der Waals surface area contributed by atoms with Crippen molar-refractivity contribution in [2.45, 2.75) is 96.1 Å². The smallest absolute Gasteiger partial charge is 0.407 e. The Balaban J connectivity index is 1.85. The van der Waals surface area contributed by atoms with Crippen LogP contribution in [0.4, 0.5) is 4.79 Å². The fraction of sp³-hybridized carbons (Fsp3) is 0.941. The first kappa shape index (κ1) is 17.5. The molecule has 0 aromatic heterocycles. The first-order valence-electron chi connectivity index (χ1n) is 8.76. The molecule has 0 aromatic carbocycles. The van der Waals surface area contributed by atoms with Crippen LogP contribution in [-0.2, 0) is 9.47 Å². The van der Waals surface area contributed by atoms with Crippen molar-refractivity contribution in [3.05, 3.63) is 0 Å². The first-order chi connectivity index (χ1) is 10.4. The number of carbonyl (C=O) groups is 1. The number of rotatable bonds is 5. The number of nitrogens with one attached hydrogen (secondary N) is 2. The largest absolute Gasteiger partial charge is 0.444 e. The van der Waals surface area contributed by atoms with E-state index < -0.39 is 5.60 Å². The summed E-state index contributed by atoms with van der Waals surface area (Å²) in [6.45, 7) is 8.38. The van der Waals surface area contributed by atoms with Gasteiger partial charge in [-0.3, -0.25) is 0 Å². The van der Waals surface area contributed by atoms with Gasteiger partial charge < -0.3 is 20.1 Å². The summed E-state index contributed by atoms with van der Waals surface area (Å²) in [6.07, 6.45) is 7.13. The first-order valence-corrected chi connectivity index (χ1v) is 8.76. The van der Waals surface area contributed by atoms with E-state index in [1.807, 2.05) is 27.7 Å². The van der Waals surface area contributed by atoms with Gasteiger partial charge in [0.25, 0.3) is 0 Å². The predicted molar refractivity (Wildman–Crippen MR) is 87.0 cm³/mol. The Hall–Kier alpha value is -0.810. The van der Waals surface area contributed by atoms with Crippen molar-refractivity contribution in [1.29, 1.82) is 0 Å². The number of ether oxygens (including phenoxy) is 2. The van der Waals surface area contributed by atoms with Crippen LogP contribution in [0.1, 0.15) is 66.2 Å². The van der Waals surface area contributed by atoms with Crippen molar-refractivity contribution < 1.29 is 14.3 Å². The molecule has 0 saturated heterocycles. The average Bonchev–Trinajstić information content (AvgIpc) is 2.43. The molecule has 2 aliphatic rings. The molecule has 5 heteroatoms. The van der Waals surface area contributed by atoms with Crippen LogP contribution in [0.3, 0.4) is 0 Å². The molecule has 2 aliphatic carbocycles. The molecule has 0 aliphatic heterocycles. The van der Waals surface area contributed by atoms with Crippen LogP contribution in [0.5, 0.6) is 0 Å². The summed E-state index contributed by atoms with van der Waals surface area (Å²) in [5.41, 5.74) is -0.459. The summed E-state index contributed by atoms with van der Waals surface area (Å²) in [6, 6.07) is 0.869. The molecule has 22 heavy (non-hydrogen) atoms. The summed E-state index contributed by atoms with van der Waals surface area (Å²) >= 11 is 0. The highest BCUT2D eigenvalue weighted by atomic mass is 16.6. The molecule has 0 radical (unpaired) electrons. The van der Waals surface area contributed by atoms with Gasteiger partial charge in [-0.25, -0.2) is 4.79 Å². The lowest BCUT2D eigenvalue weighted by Gasteiger charge is -2.47. The fourth-order valence-electron chi connectivity index (χ4n) is 3.37. The third kappa shape index (κ3) is 5.13. The summed E-state index contributed by atoms with van der Waals surface area (Å²) in [7, 11) is 0. The maximum absolute atomic E-state index is 12.0. The normalized spacial score (nSPS) is 29.7. The number of amides is 1. The molecule has 2 saturated carbocycles. The predicted octanol–water partition coefficient (Wildman–Crippen LogP) is 2.98. The highest BCUT2D eigenvalue weighted by Gasteiger charge is 2.44. The number of hydrogen-bond donors (Lipinski definition) is 2. The lowest BCUT2D eigenvalue weighted by Crippen LogP contribution is -2.67. The zero-order chi connectivity index (χ0) is 16.2. The van der Waals surface area contributed by atoms with E-state index in [-0.39, 0.29) is 24.3 Å². The Morgan fingerprint density at radius 2 is 1.86 bits per heavy atom. The van der Waals surface area contributed by atoms with Crippen LogP contribution in [0.25, 0.3) is 0 Å². The quantitative estimate of drug-likeness (QED) is 0.819. The zero-order valence-corrected chi connectivity index (χ0v) is 14.5. The van der Waals surface area contributed by atoms with E-state index in [9.17, 15) is 4.79 Å². The van der Waals surface area contributed by atoms with Gasteiger partial charge >= 0.3 is 6.09 Å². The molecule has 2 rings (SSSR count). The van der Waals surface area contributed by atoms with Gasteiger partial charge in [0, 0.05) is 12.6 Å². The minimum atomic E-state index is -0.459. The van der Waals surface area contributed by atoms with Crippen LogP contribution in [0.2, 0.25) is 0 Å². The number of carbonyl (C=O) groups excluding carboxylic acids is 1. The maximum atomic E-state index is 12.0. The third-order valence-electron chi connectivity index (χ3n) is 4.44. The van der Waals surface area contributed by atoms with Crippen molar-refractivity contribution in [2.24, 2.45) is 0 Å². The van der Waals surface area contributed by atoms with Crippen LogP contribution in [0, 0.1) is 0 Å². The second kappa shape index (κ2) is 7.64. The molecular formula is C17H32N2O3. The molecule has 1 amide bonds. The van der Waals surface area contributed by atoms with Crippen LogP contribution < -0.4 is 10.6 Å². The number of alkyl carbamates (subject to hydrolysis) is 1. The van der Waals surface area contributed by atoms with E-state index in [2.05, 4.69) is 10.6 Å². The van der Waals surface area contributed by atoms with E-state index in [0.29, 0.717) is 12.6 Å². The number of hydrogen-bond acceptors (Lipinski definition) is 4. The standard InChI is InChI=1S/C17H32N2O3/c1-5-21-14-11-13(19-16(20)22-17(2,3)4)15(14)18-12-9-7-6-8-10-12/h12-15,18H,5-11H2,1-4H3,(H,19,20). The van der Waals surface area contributed by atoms with Gasteiger partial charge in [0.05, 0.1) is 18.2 Å². The highest BCUT2D eigenvalue weighted by molar-refractivity contribution is 5.68. The minimum Gasteiger partial charge on any atom is -0.444 e. The van der Waals surface area contributed by atoms with Crippen LogP contribution in [0.15, 0.2) is 0 Å². The summed E-state index contributed by atoms with van der Waals surface area (Å²) in [4.78, 5) is 12.0. The summed E-state index contributed by atoms with van der Waals surface area (Å²) < 4.78 is 11.1. The molecular weight excluding hydrogens is 280 g/mol. The monoisotopic (exact) mass is 312 g/mol. The second-order valence-corrected chi connectivity index (χ2v) is 7.51. The molecule has 128 valence electrons. The Morgan fingerprint density at radius 3 is 2.45 bits per heavy atom. The lowest BCUT2D eigenvalue weighted by molar-refractivity contribution is -0.0478. The van der Waals surface area contributed by atoms with Crippen LogP contribution in [-0.4, -0.2) is 42.5 Å². The molecule has 0 aromatic rings. The van der Waals surface area contributed by atoms with E-state index in [1.165, 1.54) is 32.1 Å². The van der Waals surface area contributed by atoms with E-state index in [0.717, 1.165) is 6.42 Å². The topological polar surface area (TPSA) is 59.6 Å². The Morgan fingerprint density at radius 1 is 1.18 bits per heavy atom. The van der Waals surface area contributed by atoms with E-state index >= 15 is 0 Å². The maximum Gasteiger partial charge on any atom is 0.407 e. The van der Waals surface area contributed by atoms with E-state index in [1.54, 1.807) is 0 Å². The van der Waals surface area contributed by atoms with Gasteiger partial charge in [-0.1, -0.05) is 19.3 Å². The Kier molecular flexibility index (Phi) is 6.09. The molecule has 5 nitrogen and oxygen atoms in total. The van der Waals surface area contributed by atoms with E-state index in [4.69, 9.17) is 9.47 Å². The third-order valence-corrected chi connectivity index (χ3v) is 4.44. The Labute approximate surface area is 134 Å². The molecule has 3 atom stereocenters. The van der Waals surface area contributed by atoms with Crippen molar-refractivity contribution in [3.63, 3.8) is 0 Å². The van der Waals surface area contributed by atoms with Crippen molar-refractivity contribution in [1.82, 2.24) is 10.6 Å². The van der Waals surface area contributed by atoms with Gasteiger partial charge in [0.15, 0.2) is 0 Å². The van der Waals surface area contributed by atoms with Gasteiger partial charge in [-0.05, 0) is 47.0 Å². The molecule has 0 bridgehead atoms. The SMILES string of the molecule is CCOC1CC(NC(=O)OC(C)(C)C)C1NC1CCCCC1. The molecule has 0 heterocycles. The van der Waals surface area contributed by atoms with Gasteiger partial charge in [0.2, 0.25) is 0 Å². The van der Waals surface area contributed by atoms with Crippen molar-refractivity contribution in [3.8, 4) is 0 Å². The van der Waals surface area contributed by atoms with Gasteiger partial charge in [-0.2, -0.15) is 0 Å². The van der Waals surface area contributed by atoms with Crippen molar-refractivity contribution >= 4 is 6.09 Å². The molecule has 3 unspecified atom stereocenters. The molecule has 2 fully saturated rings. The molecule has 2 N–H and O–H groups in total. The second-order valence-electron chi connectivity index (χ2n) is 7.51. The van der Waals surface area contributed by atoms with Gasteiger partial charge in [-0.15, -0.1) is 0 Å². The summed E-state index contributed by atoms with van der Waals surface area (Å²) in [5.74, 6) is 0. The fourth-order valence-corrected chi connectivity index (χ4v) is 3.37. The zero-order valence-electron chi connectivity index (χ0n) is 14.5. The highest BCUT2D eigenvalue weighted by Crippen LogP contribution is 2.28. The average molecular weight is 312 g/mol. The molecule has 0 spiro atoms. The van der Waals surface area contributed by atoms with Crippen LogP contribution >= 0.6 is 0 Å². The summed E-state index contributed by atoms with van der Waals surface area (Å²) in [5, 5.41) is 6.71. The van der Waals surface area contributed by atoms with Crippen molar-refractivity contribution in [2.75, 3.05) is 6.61 Å². The van der Waals surface area contributed by atoms with Gasteiger partial charge in [0.1, 0.15) is 5.60 Å².